The Balaban J connectivity index is 1.28. The van der Waals surface area contributed by atoms with Crippen LogP contribution in [0, 0.1) is 0 Å². The van der Waals surface area contributed by atoms with Crippen LogP contribution in [-0.2, 0) is 6.54 Å². The molecule has 0 aliphatic carbocycles. The minimum atomic E-state index is -0.0340. The molecule has 3 aromatic carbocycles. The predicted octanol–water partition coefficient (Wildman–Crippen LogP) is 4.76. The van der Waals surface area contributed by atoms with E-state index in [2.05, 4.69) is 63.7 Å². The molecular weight excluding hydrogens is 358 g/mol. The number of likely N-dealkylation sites (tertiary alicyclic amines) is 1. The van der Waals surface area contributed by atoms with Gasteiger partial charge in [-0.1, -0.05) is 36.4 Å². The van der Waals surface area contributed by atoms with E-state index >= 15 is 0 Å². The highest BCUT2D eigenvalue weighted by Gasteiger charge is 2.20. The Morgan fingerprint density at radius 1 is 0.966 bits per heavy atom. The molecule has 1 fully saturated rings. The van der Waals surface area contributed by atoms with Gasteiger partial charge in [-0.2, -0.15) is 0 Å². The fraction of sp³-hybridized carbons (Fsp3) is 0.240. The quantitative estimate of drug-likeness (QED) is 0.534. The highest BCUT2D eigenvalue weighted by atomic mass is 16.1. The number of piperidine rings is 1. The summed E-state index contributed by atoms with van der Waals surface area (Å²) in [5, 5.41) is 8.00. The van der Waals surface area contributed by atoms with Crippen LogP contribution in [0.4, 0.5) is 5.69 Å². The van der Waals surface area contributed by atoms with E-state index in [0.29, 0.717) is 6.04 Å². The first-order chi connectivity index (χ1) is 14.2. The molecule has 1 aromatic heterocycles. The van der Waals surface area contributed by atoms with Gasteiger partial charge in [0.25, 0.3) is 5.56 Å². The molecule has 0 saturated carbocycles. The fourth-order valence-electron chi connectivity index (χ4n) is 4.43. The lowest BCUT2D eigenvalue weighted by molar-refractivity contribution is 0.208. The first kappa shape index (κ1) is 18.0. The molecule has 4 heteroatoms. The summed E-state index contributed by atoms with van der Waals surface area (Å²) < 4.78 is 0. The lowest BCUT2D eigenvalue weighted by Crippen LogP contribution is -2.41. The van der Waals surface area contributed by atoms with E-state index in [4.69, 9.17) is 0 Å². The van der Waals surface area contributed by atoms with Crippen molar-refractivity contribution in [2.75, 3.05) is 18.4 Å². The molecule has 29 heavy (non-hydrogen) atoms. The molecule has 0 amide bonds. The third-order valence-corrected chi connectivity index (χ3v) is 5.87. The van der Waals surface area contributed by atoms with E-state index < -0.39 is 0 Å². The summed E-state index contributed by atoms with van der Waals surface area (Å²) in [6.45, 7) is 3.15. The van der Waals surface area contributed by atoms with Gasteiger partial charge >= 0.3 is 0 Å². The normalized spacial score (nSPS) is 17.6. The maximum absolute atomic E-state index is 11.9. The van der Waals surface area contributed by atoms with Gasteiger partial charge in [0.1, 0.15) is 0 Å². The third-order valence-electron chi connectivity index (χ3n) is 5.87. The molecule has 146 valence electrons. The molecule has 0 spiro atoms. The number of aromatic amines is 1. The second kappa shape index (κ2) is 7.72. The molecule has 1 saturated heterocycles. The Morgan fingerprint density at radius 3 is 2.79 bits per heavy atom. The topological polar surface area (TPSA) is 48.1 Å². The molecule has 1 aliphatic heterocycles. The molecule has 4 nitrogen and oxygen atoms in total. The number of hydrogen-bond donors (Lipinski definition) is 2. The average molecular weight is 383 g/mol. The molecule has 0 radical (unpaired) electrons. The fourth-order valence-corrected chi connectivity index (χ4v) is 4.43. The van der Waals surface area contributed by atoms with Gasteiger partial charge in [0.05, 0.1) is 0 Å². The summed E-state index contributed by atoms with van der Waals surface area (Å²) in [5.74, 6) is 0. The van der Waals surface area contributed by atoms with E-state index in [1.807, 2.05) is 18.2 Å². The van der Waals surface area contributed by atoms with E-state index in [-0.39, 0.29) is 5.56 Å². The minimum Gasteiger partial charge on any atom is -0.381 e. The van der Waals surface area contributed by atoms with Crippen LogP contribution in [0.5, 0.6) is 0 Å². The number of rotatable bonds is 4. The van der Waals surface area contributed by atoms with Gasteiger partial charge in [0.2, 0.25) is 0 Å². The Hall–Kier alpha value is -3.11. The molecule has 0 bridgehead atoms. The van der Waals surface area contributed by atoms with Gasteiger partial charge < -0.3 is 10.3 Å². The van der Waals surface area contributed by atoms with Crippen LogP contribution in [0.15, 0.2) is 77.7 Å². The van der Waals surface area contributed by atoms with Gasteiger partial charge in [0, 0.05) is 36.4 Å². The van der Waals surface area contributed by atoms with Gasteiger partial charge in [-0.25, -0.2) is 0 Å². The van der Waals surface area contributed by atoms with E-state index in [0.717, 1.165) is 36.1 Å². The lowest BCUT2D eigenvalue weighted by Gasteiger charge is -2.33. The zero-order valence-corrected chi connectivity index (χ0v) is 16.4. The van der Waals surface area contributed by atoms with Crippen LogP contribution in [0.3, 0.4) is 0 Å². The predicted molar refractivity (Wildman–Crippen MR) is 120 cm³/mol. The second-order valence-corrected chi connectivity index (χ2v) is 8.01. The Labute approximate surface area is 170 Å². The molecule has 1 atom stereocenters. The van der Waals surface area contributed by atoms with E-state index in [1.54, 1.807) is 6.20 Å². The van der Waals surface area contributed by atoms with Crippen molar-refractivity contribution in [3.8, 4) is 0 Å². The Bertz CT molecular complexity index is 1210. The van der Waals surface area contributed by atoms with Crippen LogP contribution in [0.2, 0.25) is 0 Å². The SMILES string of the molecule is O=c1[nH]ccc2cc(N[C@@H]3CCCN(Cc4ccc5ccccc5c4)C3)ccc12. The summed E-state index contributed by atoms with van der Waals surface area (Å²) in [6, 6.07) is 23.7. The van der Waals surface area contributed by atoms with Crippen LogP contribution in [-0.4, -0.2) is 29.0 Å². The minimum absolute atomic E-state index is 0.0340. The van der Waals surface area contributed by atoms with Crippen molar-refractivity contribution in [2.45, 2.75) is 25.4 Å². The molecule has 1 aliphatic rings. The maximum Gasteiger partial charge on any atom is 0.255 e. The highest BCUT2D eigenvalue weighted by Crippen LogP contribution is 2.22. The van der Waals surface area contributed by atoms with E-state index in [9.17, 15) is 4.79 Å². The largest absolute Gasteiger partial charge is 0.381 e. The number of nitrogens with zero attached hydrogens (tertiary/aromatic N) is 1. The van der Waals surface area contributed by atoms with Crippen molar-refractivity contribution >= 4 is 27.2 Å². The number of fused-ring (bicyclic) bond motifs is 2. The van der Waals surface area contributed by atoms with Crippen molar-refractivity contribution in [1.82, 2.24) is 9.88 Å². The summed E-state index contributed by atoms with van der Waals surface area (Å²) in [4.78, 5) is 17.2. The number of nitrogens with one attached hydrogen (secondary N) is 2. The summed E-state index contributed by atoms with van der Waals surface area (Å²) in [7, 11) is 0. The smallest absolute Gasteiger partial charge is 0.255 e. The van der Waals surface area contributed by atoms with Gasteiger partial charge in [0.15, 0.2) is 0 Å². The highest BCUT2D eigenvalue weighted by molar-refractivity contribution is 5.85. The van der Waals surface area contributed by atoms with Gasteiger partial charge in [-0.3, -0.25) is 9.69 Å². The van der Waals surface area contributed by atoms with Crippen LogP contribution >= 0.6 is 0 Å². The lowest BCUT2D eigenvalue weighted by atomic mass is 10.0. The van der Waals surface area contributed by atoms with Crippen LogP contribution in [0.25, 0.3) is 21.5 Å². The van der Waals surface area contributed by atoms with Gasteiger partial charge in [-0.05, 0) is 71.4 Å². The van der Waals surface area contributed by atoms with Crippen molar-refractivity contribution in [1.29, 1.82) is 0 Å². The van der Waals surface area contributed by atoms with Crippen molar-refractivity contribution < 1.29 is 0 Å². The van der Waals surface area contributed by atoms with E-state index in [1.165, 1.54) is 29.2 Å². The number of aromatic nitrogens is 1. The monoisotopic (exact) mass is 383 g/mol. The zero-order valence-electron chi connectivity index (χ0n) is 16.4. The Kier molecular flexibility index (Phi) is 4.78. The van der Waals surface area contributed by atoms with Crippen molar-refractivity contribution in [2.24, 2.45) is 0 Å². The molecule has 5 rings (SSSR count). The van der Waals surface area contributed by atoms with Crippen LogP contribution in [0.1, 0.15) is 18.4 Å². The number of anilines is 1. The number of pyridine rings is 1. The molecule has 2 heterocycles. The average Bonchev–Trinajstić information content (AvgIpc) is 2.74. The number of benzene rings is 3. The van der Waals surface area contributed by atoms with Crippen LogP contribution < -0.4 is 10.9 Å². The Morgan fingerprint density at radius 2 is 1.86 bits per heavy atom. The molecular formula is C25H25N3O. The third kappa shape index (κ3) is 3.89. The first-order valence-electron chi connectivity index (χ1n) is 10.3. The van der Waals surface area contributed by atoms with Crippen molar-refractivity contribution in [3.63, 3.8) is 0 Å². The molecule has 4 aromatic rings. The summed E-state index contributed by atoms with van der Waals surface area (Å²) in [6.07, 6.45) is 4.07. The second-order valence-electron chi connectivity index (χ2n) is 8.01. The van der Waals surface area contributed by atoms with Gasteiger partial charge in [-0.15, -0.1) is 0 Å². The summed E-state index contributed by atoms with van der Waals surface area (Å²) in [5.41, 5.74) is 2.42. The number of hydrogen-bond acceptors (Lipinski definition) is 3. The number of H-pyrrole nitrogens is 1. The zero-order chi connectivity index (χ0) is 19.6. The molecule has 2 N–H and O–H groups in total. The first-order valence-corrected chi connectivity index (χ1v) is 10.3. The maximum atomic E-state index is 11.9. The summed E-state index contributed by atoms with van der Waals surface area (Å²) >= 11 is 0. The molecule has 0 unspecified atom stereocenters. The standard InChI is InChI=1S/C25H25N3O/c29-25-24-10-9-22(15-21(24)11-12-26-25)27-23-6-3-13-28(17-23)16-18-7-8-19-4-1-2-5-20(19)14-18/h1-2,4-5,7-12,14-15,23,27H,3,6,13,16-17H2,(H,26,29)/t23-/m1/s1. The van der Waals surface area contributed by atoms with Crippen molar-refractivity contribution in [3.05, 3.63) is 88.8 Å².